The van der Waals surface area contributed by atoms with E-state index in [9.17, 15) is 5.11 Å². The number of pyridine rings is 1. The molecule has 1 saturated heterocycles. The zero-order valence-electron chi connectivity index (χ0n) is 10.6. The predicted octanol–water partition coefficient (Wildman–Crippen LogP) is 0.686. The number of nitrogens with zero attached hydrogens (tertiary/aromatic N) is 2. The van der Waals surface area contributed by atoms with E-state index in [1.165, 1.54) is 0 Å². The molecule has 6 heteroatoms. The van der Waals surface area contributed by atoms with Gasteiger partial charge in [-0.25, -0.2) is 4.98 Å². The highest BCUT2D eigenvalue weighted by Gasteiger charge is 2.34. The Labute approximate surface area is 110 Å². The van der Waals surface area contributed by atoms with Crippen molar-refractivity contribution in [2.45, 2.75) is 24.9 Å². The second-order valence-electron chi connectivity index (χ2n) is 4.59. The molecule has 0 unspecified atom stereocenters. The SMILES string of the molecule is COc1nccc2c1ccn2[C@H]1C[C@H](O)[C@@H](CO)O1. The van der Waals surface area contributed by atoms with Crippen molar-refractivity contribution in [3.05, 3.63) is 24.5 Å². The molecule has 0 aliphatic carbocycles. The van der Waals surface area contributed by atoms with Gasteiger partial charge in [-0.3, -0.25) is 0 Å². The summed E-state index contributed by atoms with van der Waals surface area (Å²) in [5.74, 6) is 0.563. The van der Waals surface area contributed by atoms with Crippen molar-refractivity contribution >= 4 is 10.9 Å². The van der Waals surface area contributed by atoms with Gasteiger partial charge in [0.25, 0.3) is 0 Å². The van der Waals surface area contributed by atoms with Gasteiger partial charge in [0.05, 0.1) is 30.7 Å². The highest BCUT2D eigenvalue weighted by Crippen LogP contribution is 2.33. The number of aliphatic hydroxyl groups is 2. The van der Waals surface area contributed by atoms with Gasteiger partial charge >= 0.3 is 0 Å². The van der Waals surface area contributed by atoms with Crippen LogP contribution in [0.2, 0.25) is 0 Å². The minimum Gasteiger partial charge on any atom is -0.481 e. The van der Waals surface area contributed by atoms with Gasteiger partial charge in [-0.05, 0) is 12.1 Å². The fourth-order valence-corrected chi connectivity index (χ4v) is 2.53. The van der Waals surface area contributed by atoms with Crippen LogP contribution in [0.25, 0.3) is 10.9 Å². The Morgan fingerprint density at radius 3 is 3.05 bits per heavy atom. The molecule has 3 rings (SSSR count). The molecule has 2 N–H and O–H groups in total. The summed E-state index contributed by atoms with van der Waals surface area (Å²) >= 11 is 0. The van der Waals surface area contributed by atoms with Crippen molar-refractivity contribution < 1.29 is 19.7 Å². The van der Waals surface area contributed by atoms with Crippen LogP contribution in [0.5, 0.6) is 5.88 Å². The number of aromatic nitrogens is 2. The predicted molar refractivity (Wildman–Crippen MR) is 67.9 cm³/mol. The number of fused-ring (bicyclic) bond motifs is 1. The van der Waals surface area contributed by atoms with E-state index in [1.54, 1.807) is 13.3 Å². The number of ether oxygens (including phenoxy) is 2. The molecule has 6 nitrogen and oxygen atoms in total. The Morgan fingerprint density at radius 2 is 2.37 bits per heavy atom. The second-order valence-corrected chi connectivity index (χ2v) is 4.59. The topological polar surface area (TPSA) is 76.7 Å². The second kappa shape index (κ2) is 4.80. The number of methoxy groups -OCH3 is 1. The van der Waals surface area contributed by atoms with E-state index in [-0.39, 0.29) is 12.8 Å². The van der Waals surface area contributed by atoms with Crippen molar-refractivity contribution in [2.75, 3.05) is 13.7 Å². The average Bonchev–Trinajstić information content (AvgIpc) is 3.01. The molecule has 1 fully saturated rings. The Morgan fingerprint density at radius 1 is 1.53 bits per heavy atom. The molecule has 2 aromatic rings. The number of hydrogen-bond acceptors (Lipinski definition) is 5. The first-order chi connectivity index (χ1) is 9.24. The zero-order chi connectivity index (χ0) is 13.4. The molecule has 0 aromatic carbocycles. The molecule has 3 atom stereocenters. The third kappa shape index (κ3) is 1.98. The maximum atomic E-state index is 9.80. The van der Waals surface area contributed by atoms with Crippen molar-refractivity contribution in [3.8, 4) is 5.88 Å². The van der Waals surface area contributed by atoms with Crippen molar-refractivity contribution in [1.29, 1.82) is 0 Å². The molecule has 2 aromatic heterocycles. The summed E-state index contributed by atoms with van der Waals surface area (Å²) in [5, 5.41) is 19.8. The van der Waals surface area contributed by atoms with E-state index in [1.807, 2.05) is 22.9 Å². The third-order valence-corrected chi connectivity index (χ3v) is 3.50. The van der Waals surface area contributed by atoms with Crippen LogP contribution in [-0.2, 0) is 4.74 Å². The first kappa shape index (κ1) is 12.4. The lowest BCUT2D eigenvalue weighted by Crippen LogP contribution is -2.24. The lowest BCUT2D eigenvalue weighted by molar-refractivity contribution is -0.0429. The van der Waals surface area contributed by atoms with Crippen LogP contribution in [0.4, 0.5) is 0 Å². The standard InChI is InChI=1S/C13H16N2O4/c1-18-13-8-3-5-15(9(8)2-4-14-13)12-6-10(17)11(7-16)19-12/h2-5,10-12,16-17H,6-7H2,1H3/t10-,11+,12+/m0/s1. The van der Waals surface area contributed by atoms with E-state index in [0.29, 0.717) is 12.3 Å². The van der Waals surface area contributed by atoms with E-state index in [2.05, 4.69) is 4.98 Å². The van der Waals surface area contributed by atoms with Gasteiger partial charge < -0.3 is 24.3 Å². The van der Waals surface area contributed by atoms with Gasteiger partial charge in [0, 0.05) is 18.8 Å². The summed E-state index contributed by atoms with van der Waals surface area (Å²) in [6.45, 7) is -0.179. The molecule has 0 radical (unpaired) electrons. The molecule has 1 aliphatic heterocycles. The highest BCUT2D eigenvalue weighted by molar-refractivity contribution is 5.84. The zero-order valence-corrected chi connectivity index (χ0v) is 10.6. The van der Waals surface area contributed by atoms with Crippen LogP contribution in [0.1, 0.15) is 12.6 Å². The van der Waals surface area contributed by atoms with Gasteiger partial charge in [-0.15, -0.1) is 0 Å². The van der Waals surface area contributed by atoms with Crippen LogP contribution >= 0.6 is 0 Å². The van der Waals surface area contributed by atoms with E-state index < -0.39 is 12.2 Å². The molecular formula is C13H16N2O4. The maximum absolute atomic E-state index is 9.80. The minimum atomic E-state index is -0.642. The largest absolute Gasteiger partial charge is 0.481 e. The van der Waals surface area contributed by atoms with Crippen molar-refractivity contribution in [2.24, 2.45) is 0 Å². The Balaban J connectivity index is 1.98. The van der Waals surface area contributed by atoms with Crippen LogP contribution in [0.3, 0.4) is 0 Å². The fraction of sp³-hybridized carbons (Fsp3) is 0.462. The minimum absolute atomic E-state index is 0.179. The van der Waals surface area contributed by atoms with Crippen LogP contribution < -0.4 is 4.74 Å². The molecule has 3 heterocycles. The van der Waals surface area contributed by atoms with E-state index in [4.69, 9.17) is 14.6 Å². The van der Waals surface area contributed by atoms with Crippen molar-refractivity contribution in [1.82, 2.24) is 9.55 Å². The molecule has 0 amide bonds. The summed E-state index contributed by atoms with van der Waals surface area (Å²) in [7, 11) is 1.58. The molecule has 19 heavy (non-hydrogen) atoms. The lowest BCUT2D eigenvalue weighted by atomic mass is 10.2. The van der Waals surface area contributed by atoms with Crippen molar-refractivity contribution in [3.63, 3.8) is 0 Å². The Kier molecular flexibility index (Phi) is 3.14. The molecule has 1 aliphatic rings. The quantitative estimate of drug-likeness (QED) is 0.852. The Hall–Kier alpha value is -1.63. The van der Waals surface area contributed by atoms with Crippen LogP contribution in [-0.4, -0.2) is 45.7 Å². The van der Waals surface area contributed by atoms with Gasteiger partial charge in [0.2, 0.25) is 5.88 Å². The highest BCUT2D eigenvalue weighted by atomic mass is 16.5. The first-order valence-corrected chi connectivity index (χ1v) is 6.18. The van der Waals surface area contributed by atoms with Crippen LogP contribution in [0.15, 0.2) is 24.5 Å². The van der Waals surface area contributed by atoms with Gasteiger partial charge in [-0.1, -0.05) is 0 Å². The number of rotatable bonds is 3. The Bertz CT molecular complexity index is 583. The molecule has 0 bridgehead atoms. The summed E-state index contributed by atoms with van der Waals surface area (Å²) in [5.41, 5.74) is 0.933. The summed E-state index contributed by atoms with van der Waals surface area (Å²) in [4.78, 5) is 4.15. The fourth-order valence-electron chi connectivity index (χ4n) is 2.53. The normalized spacial score (nSPS) is 27.0. The van der Waals surface area contributed by atoms with Gasteiger partial charge in [0.1, 0.15) is 12.3 Å². The van der Waals surface area contributed by atoms with E-state index in [0.717, 1.165) is 10.9 Å². The van der Waals surface area contributed by atoms with Gasteiger partial charge in [0.15, 0.2) is 0 Å². The number of aliphatic hydroxyl groups excluding tert-OH is 2. The molecule has 0 spiro atoms. The summed E-state index contributed by atoms with van der Waals surface area (Å²) in [6.07, 6.45) is 2.57. The smallest absolute Gasteiger partial charge is 0.222 e. The summed E-state index contributed by atoms with van der Waals surface area (Å²) < 4.78 is 12.8. The molecular weight excluding hydrogens is 248 g/mol. The first-order valence-electron chi connectivity index (χ1n) is 6.18. The number of hydrogen-bond donors (Lipinski definition) is 2. The van der Waals surface area contributed by atoms with E-state index >= 15 is 0 Å². The maximum Gasteiger partial charge on any atom is 0.222 e. The summed E-state index contributed by atoms with van der Waals surface area (Å²) in [6, 6.07) is 3.78. The molecule has 102 valence electrons. The lowest BCUT2D eigenvalue weighted by Gasteiger charge is -2.15. The molecule has 0 saturated carbocycles. The third-order valence-electron chi connectivity index (χ3n) is 3.50. The van der Waals surface area contributed by atoms with Gasteiger partial charge in [-0.2, -0.15) is 0 Å². The monoisotopic (exact) mass is 264 g/mol. The average molecular weight is 264 g/mol. The van der Waals surface area contributed by atoms with Crippen LogP contribution in [0, 0.1) is 0 Å².